The van der Waals surface area contributed by atoms with Gasteiger partial charge in [-0.05, 0) is 54.2 Å². The van der Waals surface area contributed by atoms with Gasteiger partial charge in [-0.25, -0.2) is 8.78 Å². The van der Waals surface area contributed by atoms with Crippen LogP contribution in [0.3, 0.4) is 0 Å². The van der Waals surface area contributed by atoms with Crippen LogP contribution >= 0.6 is 0 Å². The molecule has 4 N–H and O–H groups in total. The number of halogens is 2. The number of aryl methyl sites for hydroxylation is 1. The van der Waals surface area contributed by atoms with Crippen LogP contribution in [0.15, 0.2) is 36.9 Å². The van der Waals surface area contributed by atoms with Crippen molar-refractivity contribution in [3.05, 3.63) is 70.8 Å². The number of benzene rings is 2. The Labute approximate surface area is 183 Å². The highest BCUT2D eigenvalue weighted by molar-refractivity contribution is 5.72. The minimum atomic E-state index is -0.519. The normalized spacial score (nSPS) is 9.83. The van der Waals surface area contributed by atoms with Gasteiger partial charge < -0.3 is 11.5 Å². The molecule has 0 spiro atoms. The summed E-state index contributed by atoms with van der Waals surface area (Å²) in [4.78, 5) is 0. The lowest BCUT2D eigenvalue weighted by molar-refractivity contribution is 0.573. The summed E-state index contributed by atoms with van der Waals surface area (Å²) in [5.74, 6) is -0.975. The second-order valence-corrected chi connectivity index (χ2v) is 6.90. The molecule has 0 heterocycles. The fraction of sp³-hybridized carbons (Fsp3) is 0.462. The summed E-state index contributed by atoms with van der Waals surface area (Å²) in [6, 6.07) is 5.61. The van der Waals surface area contributed by atoms with E-state index in [0.717, 1.165) is 23.7 Å². The zero-order valence-electron chi connectivity index (χ0n) is 20.4. The van der Waals surface area contributed by atoms with Crippen molar-refractivity contribution in [3.63, 3.8) is 0 Å². The number of nitrogen functional groups attached to an aromatic ring is 2. The van der Waals surface area contributed by atoms with Gasteiger partial charge in [0.1, 0.15) is 11.6 Å². The van der Waals surface area contributed by atoms with Gasteiger partial charge in [0.25, 0.3) is 0 Å². The Kier molecular flexibility index (Phi) is 14.5. The number of anilines is 2. The van der Waals surface area contributed by atoms with E-state index in [1.54, 1.807) is 0 Å². The fourth-order valence-corrected chi connectivity index (χ4v) is 2.92. The molecule has 0 atom stereocenters. The number of hydrogen-bond acceptors (Lipinski definition) is 2. The molecule has 0 aliphatic heterocycles. The highest BCUT2D eigenvalue weighted by Crippen LogP contribution is 2.35. The molecule has 0 aliphatic rings. The smallest absolute Gasteiger partial charge is 0.129 e. The van der Waals surface area contributed by atoms with Gasteiger partial charge in [-0.3, -0.25) is 0 Å². The molecule has 0 saturated heterocycles. The molecule has 2 aromatic rings. The van der Waals surface area contributed by atoms with E-state index < -0.39 is 11.6 Å². The molecule has 0 radical (unpaired) electrons. The number of rotatable bonds is 4. The third kappa shape index (κ3) is 8.17. The van der Waals surface area contributed by atoms with E-state index in [0.29, 0.717) is 17.7 Å². The van der Waals surface area contributed by atoms with Crippen LogP contribution in [0.4, 0.5) is 20.2 Å². The van der Waals surface area contributed by atoms with E-state index >= 15 is 0 Å². The number of allylic oxidation sites excluding steroid dienone is 1. The Bertz CT molecular complexity index is 781. The number of hydrogen-bond donors (Lipinski definition) is 2. The lowest BCUT2D eigenvalue weighted by Gasteiger charge is -2.26. The molecule has 2 nitrogen and oxygen atoms in total. The monoisotopic (exact) mass is 420 g/mol. The van der Waals surface area contributed by atoms with Gasteiger partial charge in [-0.1, -0.05) is 67.5 Å². The summed E-state index contributed by atoms with van der Waals surface area (Å²) in [6.45, 7) is 22.2. The lowest BCUT2D eigenvalue weighted by atomic mass is 9.80. The van der Waals surface area contributed by atoms with Gasteiger partial charge in [0.15, 0.2) is 0 Å². The molecule has 0 unspecified atom stereocenters. The molecule has 2 rings (SSSR count). The van der Waals surface area contributed by atoms with Crippen LogP contribution in [0.2, 0.25) is 0 Å². The van der Waals surface area contributed by atoms with Crippen LogP contribution in [0, 0.1) is 18.6 Å². The maximum Gasteiger partial charge on any atom is 0.129 e. The average molecular weight is 421 g/mol. The van der Waals surface area contributed by atoms with E-state index in [4.69, 9.17) is 11.5 Å². The SMILES string of the molecule is C=CC(C)(C)c1cc(N)c(N)c(CC)c1C.CC.CC.CCc1ccc(F)cc1F. The van der Waals surface area contributed by atoms with Gasteiger partial charge in [0, 0.05) is 11.5 Å². The van der Waals surface area contributed by atoms with Crippen molar-refractivity contribution >= 4 is 11.4 Å². The average Bonchev–Trinajstić information content (AvgIpc) is 2.74. The van der Waals surface area contributed by atoms with Gasteiger partial charge in [0.05, 0.1) is 11.4 Å². The van der Waals surface area contributed by atoms with Crippen molar-refractivity contribution < 1.29 is 8.78 Å². The first-order valence-electron chi connectivity index (χ1n) is 10.8. The van der Waals surface area contributed by atoms with Crippen molar-refractivity contribution in [3.8, 4) is 0 Å². The molecule has 0 saturated carbocycles. The van der Waals surface area contributed by atoms with Crippen LogP contribution in [0.1, 0.15) is 77.6 Å². The molecule has 0 bridgehead atoms. The Morgan fingerprint density at radius 2 is 1.50 bits per heavy atom. The molecule has 4 heteroatoms. The van der Waals surface area contributed by atoms with E-state index in [9.17, 15) is 8.78 Å². The van der Waals surface area contributed by atoms with E-state index in [2.05, 4.69) is 34.3 Å². The van der Waals surface area contributed by atoms with Crippen LogP contribution in [-0.2, 0) is 18.3 Å². The highest BCUT2D eigenvalue weighted by Gasteiger charge is 2.21. The fourth-order valence-electron chi connectivity index (χ4n) is 2.92. The summed E-state index contributed by atoms with van der Waals surface area (Å²) < 4.78 is 24.9. The number of nitrogens with two attached hydrogens (primary N) is 2. The minimum absolute atomic E-state index is 0.0736. The topological polar surface area (TPSA) is 52.0 Å². The molecule has 0 aromatic heterocycles. The van der Waals surface area contributed by atoms with Crippen LogP contribution in [0.5, 0.6) is 0 Å². The second kappa shape index (κ2) is 14.6. The molecule has 170 valence electrons. The molecular formula is C26H42F2N2. The molecule has 0 aliphatic carbocycles. The Hall–Kier alpha value is -2.36. The zero-order chi connectivity index (χ0) is 24.1. The van der Waals surface area contributed by atoms with Gasteiger partial charge in [-0.2, -0.15) is 0 Å². The summed E-state index contributed by atoms with van der Waals surface area (Å²) in [5.41, 5.74) is 17.4. The van der Waals surface area contributed by atoms with Crippen molar-refractivity contribution in [2.75, 3.05) is 11.5 Å². The molecule has 2 aromatic carbocycles. The van der Waals surface area contributed by atoms with Crippen molar-refractivity contribution in [1.29, 1.82) is 0 Å². The summed E-state index contributed by atoms with van der Waals surface area (Å²) in [5, 5.41) is 0. The first-order valence-corrected chi connectivity index (χ1v) is 10.8. The summed E-state index contributed by atoms with van der Waals surface area (Å²) >= 11 is 0. The third-order valence-electron chi connectivity index (χ3n) is 4.75. The maximum absolute atomic E-state index is 12.6. The van der Waals surface area contributed by atoms with Crippen LogP contribution in [-0.4, -0.2) is 0 Å². The zero-order valence-corrected chi connectivity index (χ0v) is 20.4. The Morgan fingerprint density at radius 1 is 0.967 bits per heavy atom. The summed E-state index contributed by atoms with van der Waals surface area (Å²) in [6.07, 6.45) is 3.46. The van der Waals surface area contributed by atoms with E-state index in [-0.39, 0.29) is 5.41 Å². The van der Waals surface area contributed by atoms with E-state index in [1.807, 2.05) is 46.8 Å². The molecule has 0 fully saturated rings. The van der Waals surface area contributed by atoms with Gasteiger partial charge in [0.2, 0.25) is 0 Å². The van der Waals surface area contributed by atoms with Crippen molar-refractivity contribution in [2.45, 2.75) is 80.6 Å². The highest BCUT2D eigenvalue weighted by atomic mass is 19.1. The predicted molar refractivity (Wildman–Crippen MR) is 131 cm³/mol. The summed E-state index contributed by atoms with van der Waals surface area (Å²) in [7, 11) is 0. The van der Waals surface area contributed by atoms with Crippen molar-refractivity contribution in [2.24, 2.45) is 0 Å². The minimum Gasteiger partial charge on any atom is -0.397 e. The molecule has 0 amide bonds. The van der Waals surface area contributed by atoms with Crippen LogP contribution < -0.4 is 11.5 Å². The largest absolute Gasteiger partial charge is 0.397 e. The van der Waals surface area contributed by atoms with Crippen LogP contribution in [0.25, 0.3) is 0 Å². The van der Waals surface area contributed by atoms with E-state index in [1.165, 1.54) is 23.3 Å². The Morgan fingerprint density at radius 3 is 1.90 bits per heavy atom. The van der Waals surface area contributed by atoms with Gasteiger partial charge in [-0.15, -0.1) is 6.58 Å². The molecular weight excluding hydrogens is 378 g/mol. The first kappa shape index (κ1) is 29.8. The standard InChI is InChI=1S/C14H22N2.C8H8F2.2C2H6/c1-6-10-9(3)11(14(4,5)7-2)8-12(15)13(10)16;1-2-6-3-4-7(9)5-8(6)10;2*1-2/h7-8H,2,6,15-16H2,1,3-5H3;3-5H,2H2,1H3;2*1-2H3. The quantitative estimate of drug-likeness (QED) is 0.392. The first-order chi connectivity index (χ1) is 14.1. The maximum atomic E-state index is 12.6. The molecule has 30 heavy (non-hydrogen) atoms. The van der Waals surface area contributed by atoms with Gasteiger partial charge >= 0.3 is 0 Å². The predicted octanol–water partition coefficient (Wildman–Crippen LogP) is 7.77. The lowest BCUT2D eigenvalue weighted by Crippen LogP contribution is -2.17. The van der Waals surface area contributed by atoms with Crippen molar-refractivity contribution in [1.82, 2.24) is 0 Å². The Balaban J connectivity index is 0. The third-order valence-corrected chi connectivity index (χ3v) is 4.75. The second-order valence-electron chi connectivity index (χ2n) is 6.90.